The third-order valence-corrected chi connectivity index (χ3v) is 2.72. The molecule has 1 aromatic rings. The second-order valence-electron chi connectivity index (χ2n) is 3.58. The first kappa shape index (κ1) is 8.35. The molecule has 1 aliphatic rings. The molecular weight excluding hydrogens is 162 g/mol. The predicted molar refractivity (Wildman–Crippen MR) is 54.8 cm³/mol. The lowest BCUT2D eigenvalue weighted by Gasteiger charge is -2.27. The normalized spacial score (nSPS) is 16.7. The largest absolute Gasteiger partial charge is 0.397 e. The van der Waals surface area contributed by atoms with Gasteiger partial charge in [0.15, 0.2) is 0 Å². The van der Waals surface area contributed by atoms with Crippen LogP contribution in [-0.2, 0) is 0 Å². The van der Waals surface area contributed by atoms with Crippen molar-refractivity contribution in [1.29, 1.82) is 0 Å². The van der Waals surface area contributed by atoms with Crippen LogP contribution in [-0.4, -0.2) is 12.0 Å². The zero-order chi connectivity index (χ0) is 9.26. The fourth-order valence-electron chi connectivity index (χ4n) is 1.74. The number of nitrogens with one attached hydrogen (secondary N) is 1. The maximum absolute atomic E-state index is 5.71. The fourth-order valence-corrected chi connectivity index (χ4v) is 1.74. The van der Waals surface area contributed by atoms with Crippen molar-refractivity contribution in [1.82, 2.24) is 4.98 Å². The van der Waals surface area contributed by atoms with Gasteiger partial charge < -0.3 is 11.1 Å². The number of nitrogens with two attached hydrogens (primary N) is 1. The van der Waals surface area contributed by atoms with Crippen LogP contribution in [0.25, 0.3) is 0 Å². The standard InChI is InChI=1S/C10H15N3/c1-12-10-9(7-3-2-4-7)5-8(11)6-13-10/h5-7H,2-4,11H2,1H3,(H,12,13). The molecule has 0 saturated heterocycles. The Morgan fingerprint density at radius 1 is 1.54 bits per heavy atom. The number of hydrogen-bond acceptors (Lipinski definition) is 3. The highest BCUT2D eigenvalue weighted by molar-refractivity contribution is 5.53. The zero-order valence-electron chi connectivity index (χ0n) is 7.88. The van der Waals surface area contributed by atoms with E-state index in [0.29, 0.717) is 5.92 Å². The highest BCUT2D eigenvalue weighted by Gasteiger charge is 2.22. The molecular formula is C10H15N3. The van der Waals surface area contributed by atoms with E-state index in [0.717, 1.165) is 11.5 Å². The van der Waals surface area contributed by atoms with Crippen molar-refractivity contribution in [3.63, 3.8) is 0 Å². The van der Waals surface area contributed by atoms with Crippen LogP contribution in [0.2, 0.25) is 0 Å². The van der Waals surface area contributed by atoms with Gasteiger partial charge in [-0.3, -0.25) is 0 Å². The van der Waals surface area contributed by atoms with Crippen molar-refractivity contribution in [3.05, 3.63) is 17.8 Å². The first-order chi connectivity index (χ1) is 6.31. The smallest absolute Gasteiger partial charge is 0.129 e. The van der Waals surface area contributed by atoms with Crippen LogP contribution in [0, 0.1) is 0 Å². The third kappa shape index (κ3) is 1.46. The summed E-state index contributed by atoms with van der Waals surface area (Å²) in [7, 11) is 1.90. The molecule has 0 aliphatic heterocycles. The summed E-state index contributed by atoms with van der Waals surface area (Å²) < 4.78 is 0. The molecule has 0 aromatic carbocycles. The Hall–Kier alpha value is -1.25. The number of pyridine rings is 1. The van der Waals surface area contributed by atoms with Crippen LogP contribution in [0.15, 0.2) is 12.3 Å². The van der Waals surface area contributed by atoms with E-state index in [1.807, 2.05) is 13.1 Å². The second-order valence-corrected chi connectivity index (χ2v) is 3.58. The Morgan fingerprint density at radius 3 is 2.85 bits per heavy atom. The molecule has 0 spiro atoms. The lowest BCUT2D eigenvalue weighted by atomic mass is 9.80. The number of hydrogen-bond donors (Lipinski definition) is 2. The molecule has 3 heteroatoms. The number of rotatable bonds is 2. The molecule has 13 heavy (non-hydrogen) atoms. The number of anilines is 2. The SMILES string of the molecule is CNc1ncc(N)cc1C1CCC1. The van der Waals surface area contributed by atoms with Crippen molar-refractivity contribution >= 4 is 11.5 Å². The molecule has 70 valence electrons. The summed E-state index contributed by atoms with van der Waals surface area (Å²) in [5.74, 6) is 1.66. The molecule has 1 saturated carbocycles. The van der Waals surface area contributed by atoms with Gasteiger partial charge in [0.05, 0.1) is 11.9 Å². The molecule has 0 atom stereocenters. The molecule has 1 fully saturated rings. The Labute approximate surface area is 78.4 Å². The van der Waals surface area contributed by atoms with Gasteiger partial charge in [-0.2, -0.15) is 0 Å². The van der Waals surface area contributed by atoms with Crippen LogP contribution >= 0.6 is 0 Å². The minimum Gasteiger partial charge on any atom is -0.397 e. The predicted octanol–water partition coefficient (Wildman–Crippen LogP) is 1.97. The van der Waals surface area contributed by atoms with Crippen LogP contribution in [0.3, 0.4) is 0 Å². The highest BCUT2D eigenvalue weighted by Crippen LogP contribution is 2.39. The van der Waals surface area contributed by atoms with E-state index < -0.39 is 0 Å². The van der Waals surface area contributed by atoms with E-state index in [9.17, 15) is 0 Å². The summed E-state index contributed by atoms with van der Waals surface area (Å²) in [4.78, 5) is 4.26. The summed E-state index contributed by atoms with van der Waals surface area (Å²) in [6.07, 6.45) is 5.59. The van der Waals surface area contributed by atoms with Gasteiger partial charge in [0.2, 0.25) is 0 Å². The van der Waals surface area contributed by atoms with Gasteiger partial charge in [-0.05, 0) is 30.4 Å². The minimum atomic E-state index is 0.679. The summed E-state index contributed by atoms with van der Waals surface area (Å²) in [5.41, 5.74) is 7.76. The maximum atomic E-state index is 5.71. The molecule has 0 unspecified atom stereocenters. The molecule has 1 heterocycles. The maximum Gasteiger partial charge on any atom is 0.129 e. The quantitative estimate of drug-likeness (QED) is 0.726. The van der Waals surface area contributed by atoms with E-state index >= 15 is 0 Å². The topological polar surface area (TPSA) is 50.9 Å². The van der Waals surface area contributed by atoms with E-state index in [1.165, 1.54) is 24.8 Å². The highest BCUT2D eigenvalue weighted by atomic mass is 15.0. The molecule has 3 N–H and O–H groups in total. The fraction of sp³-hybridized carbons (Fsp3) is 0.500. The van der Waals surface area contributed by atoms with Gasteiger partial charge in [-0.15, -0.1) is 0 Å². The number of aromatic nitrogens is 1. The molecule has 0 radical (unpaired) electrons. The molecule has 1 aliphatic carbocycles. The second kappa shape index (κ2) is 3.24. The van der Waals surface area contributed by atoms with Gasteiger partial charge in [0, 0.05) is 7.05 Å². The van der Waals surface area contributed by atoms with Crippen molar-refractivity contribution in [2.45, 2.75) is 25.2 Å². The van der Waals surface area contributed by atoms with Gasteiger partial charge >= 0.3 is 0 Å². The minimum absolute atomic E-state index is 0.679. The number of nitrogen functional groups attached to an aromatic ring is 1. The van der Waals surface area contributed by atoms with Crippen LogP contribution < -0.4 is 11.1 Å². The molecule has 1 aromatic heterocycles. The van der Waals surface area contributed by atoms with E-state index in [1.54, 1.807) is 6.20 Å². The average molecular weight is 177 g/mol. The molecule has 3 nitrogen and oxygen atoms in total. The third-order valence-electron chi connectivity index (χ3n) is 2.72. The molecule has 0 bridgehead atoms. The van der Waals surface area contributed by atoms with Crippen LogP contribution in [0.1, 0.15) is 30.7 Å². The first-order valence-electron chi connectivity index (χ1n) is 4.74. The first-order valence-corrected chi connectivity index (χ1v) is 4.74. The molecule has 2 rings (SSSR count). The van der Waals surface area contributed by atoms with Crippen molar-refractivity contribution in [2.24, 2.45) is 0 Å². The lowest BCUT2D eigenvalue weighted by Crippen LogP contribution is -2.12. The van der Waals surface area contributed by atoms with Crippen LogP contribution in [0.5, 0.6) is 0 Å². The summed E-state index contributed by atoms with van der Waals surface area (Å²) in [5, 5.41) is 3.11. The Balaban J connectivity index is 2.33. The van der Waals surface area contributed by atoms with Gasteiger partial charge in [-0.1, -0.05) is 6.42 Å². The Morgan fingerprint density at radius 2 is 2.31 bits per heavy atom. The lowest BCUT2D eigenvalue weighted by molar-refractivity contribution is 0.420. The van der Waals surface area contributed by atoms with Gasteiger partial charge in [-0.25, -0.2) is 4.98 Å². The van der Waals surface area contributed by atoms with E-state index in [-0.39, 0.29) is 0 Å². The van der Waals surface area contributed by atoms with E-state index in [2.05, 4.69) is 10.3 Å². The Bertz CT molecular complexity index is 305. The van der Waals surface area contributed by atoms with Crippen molar-refractivity contribution in [2.75, 3.05) is 18.1 Å². The summed E-state index contributed by atoms with van der Waals surface area (Å²) in [6, 6.07) is 2.04. The van der Waals surface area contributed by atoms with E-state index in [4.69, 9.17) is 5.73 Å². The zero-order valence-corrected chi connectivity index (χ0v) is 7.88. The summed E-state index contributed by atoms with van der Waals surface area (Å²) in [6.45, 7) is 0. The van der Waals surface area contributed by atoms with Gasteiger partial charge in [0.25, 0.3) is 0 Å². The van der Waals surface area contributed by atoms with Crippen molar-refractivity contribution < 1.29 is 0 Å². The van der Waals surface area contributed by atoms with Gasteiger partial charge in [0.1, 0.15) is 5.82 Å². The Kier molecular flexibility index (Phi) is 2.08. The molecule has 0 amide bonds. The summed E-state index contributed by atoms with van der Waals surface area (Å²) >= 11 is 0. The van der Waals surface area contributed by atoms with Crippen molar-refractivity contribution in [3.8, 4) is 0 Å². The number of nitrogens with zero attached hydrogens (tertiary/aromatic N) is 1. The van der Waals surface area contributed by atoms with Crippen LogP contribution in [0.4, 0.5) is 11.5 Å². The monoisotopic (exact) mass is 177 g/mol. The average Bonchev–Trinajstić information content (AvgIpc) is 2.02.